The molecule has 1 aliphatic heterocycles. The monoisotopic (exact) mass is 515 g/mol. The molecular formula is C26H28F3N5O3. The lowest BCUT2D eigenvalue weighted by atomic mass is 9.81. The highest BCUT2D eigenvalue weighted by atomic mass is 19.4. The summed E-state index contributed by atoms with van der Waals surface area (Å²) in [5.41, 5.74) is -0.176. The van der Waals surface area contributed by atoms with E-state index in [0.717, 1.165) is 49.4 Å². The maximum Gasteiger partial charge on any atom is 0.416 e. The normalized spacial score (nSPS) is 20.5. The topological polar surface area (TPSA) is 107 Å². The van der Waals surface area contributed by atoms with Crippen LogP contribution in [-0.2, 0) is 17.5 Å². The fourth-order valence-electron chi connectivity index (χ4n) is 5.05. The number of benzene rings is 1. The fourth-order valence-corrected chi connectivity index (χ4v) is 5.05. The highest BCUT2D eigenvalue weighted by Gasteiger charge is 2.35. The second-order valence-corrected chi connectivity index (χ2v) is 9.57. The minimum Gasteiger partial charge on any atom is -0.349 e. The number of hydrogen-bond acceptors (Lipinski definition) is 5. The highest BCUT2D eigenvalue weighted by Crippen LogP contribution is 2.35. The van der Waals surface area contributed by atoms with Gasteiger partial charge in [0.1, 0.15) is 6.54 Å². The summed E-state index contributed by atoms with van der Waals surface area (Å²) in [4.78, 5) is 38.5. The Labute approximate surface area is 212 Å². The van der Waals surface area contributed by atoms with Crippen molar-refractivity contribution in [2.24, 2.45) is 0 Å². The third-order valence-corrected chi connectivity index (χ3v) is 7.07. The van der Waals surface area contributed by atoms with Crippen molar-refractivity contribution >= 4 is 11.8 Å². The molecule has 0 radical (unpaired) electrons. The Bertz CT molecular complexity index is 1240. The van der Waals surface area contributed by atoms with E-state index in [9.17, 15) is 27.6 Å². The summed E-state index contributed by atoms with van der Waals surface area (Å²) in [5, 5.41) is 14.1. The first-order valence-electron chi connectivity index (χ1n) is 12.2. The Morgan fingerprint density at radius 2 is 1.81 bits per heavy atom. The molecule has 11 heteroatoms. The van der Waals surface area contributed by atoms with Gasteiger partial charge in [-0.25, -0.2) is 0 Å². The van der Waals surface area contributed by atoms with Gasteiger partial charge >= 0.3 is 6.18 Å². The number of halogens is 3. The van der Waals surface area contributed by atoms with E-state index in [0.29, 0.717) is 25.0 Å². The van der Waals surface area contributed by atoms with Crippen LogP contribution in [0.5, 0.6) is 0 Å². The van der Waals surface area contributed by atoms with Crippen molar-refractivity contribution in [2.45, 2.75) is 56.4 Å². The molecule has 0 atom stereocenters. The molecule has 1 saturated heterocycles. The minimum atomic E-state index is -4.55. The van der Waals surface area contributed by atoms with Gasteiger partial charge in [-0.05, 0) is 55.4 Å². The van der Waals surface area contributed by atoms with Crippen LogP contribution in [0.4, 0.5) is 13.2 Å². The number of nitrogens with one attached hydrogen (secondary N) is 2. The lowest BCUT2D eigenvalue weighted by Crippen LogP contribution is -2.63. The molecule has 2 aliphatic rings. The Morgan fingerprint density at radius 3 is 2.49 bits per heavy atom. The van der Waals surface area contributed by atoms with Crippen LogP contribution in [0.25, 0.3) is 0 Å². The smallest absolute Gasteiger partial charge is 0.349 e. The number of rotatable bonds is 7. The molecule has 0 bridgehead atoms. The van der Waals surface area contributed by atoms with Crippen molar-refractivity contribution in [3.8, 4) is 6.07 Å². The van der Waals surface area contributed by atoms with Crippen molar-refractivity contribution < 1.29 is 22.8 Å². The van der Waals surface area contributed by atoms with Crippen LogP contribution in [0.2, 0.25) is 0 Å². The standard InChI is InChI=1S/C26H28F3N5O3/c27-26(28,29)20-3-1-2-18(12-20)25(37)31-13-23(35)32-21-15-34(16-21)22-7-4-17(5-8-22)19-6-9-24(36)33(14-19)11-10-30/h1-3,6,9,12,14,17,21-22H,4-5,7-8,11,13,15-16H2,(H,31,37)(H,32,35). The summed E-state index contributed by atoms with van der Waals surface area (Å²) in [5.74, 6) is -0.781. The van der Waals surface area contributed by atoms with E-state index >= 15 is 0 Å². The average molecular weight is 516 g/mol. The zero-order chi connectivity index (χ0) is 26.6. The molecule has 1 aliphatic carbocycles. The number of alkyl halides is 3. The SMILES string of the molecule is N#CCn1cc(C2CCC(N3CC(NC(=O)CNC(=O)c4cccc(C(F)(F)F)c4)C3)CC2)ccc1=O. The molecule has 2 aromatic rings. The van der Waals surface area contributed by atoms with E-state index in [1.807, 2.05) is 12.1 Å². The van der Waals surface area contributed by atoms with Gasteiger partial charge in [0.2, 0.25) is 5.91 Å². The van der Waals surface area contributed by atoms with E-state index in [2.05, 4.69) is 15.5 Å². The van der Waals surface area contributed by atoms with Gasteiger partial charge in [0.05, 0.1) is 24.2 Å². The van der Waals surface area contributed by atoms with Crippen LogP contribution in [0.15, 0.2) is 47.4 Å². The molecule has 1 saturated carbocycles. The number of nitrogens with zero attached hydrogens (tertiary/aromatic N) is 3. The molecule has 196 valence electrons. The first-order chi connectivity index (χ1) is 17.6. The predicted molar refractivity (Wildman–Crippen MR) is 129 cm³/mol. The number of likely N-dealkylation sites (tertiary alicyclic amines) is 1. The van der Waals surface area contributed by atoms with E-state index < -0.39 is 17.6 Å². The molecule has 37 heavy (non-hydrogen) atoms. The van der Waals surface area contributed by atoms with E-state index in [1.165, 1.54) is 16.7 Å². The summed E-state index contributed by atoms with van der Waals surface area (Å²) in [7, 11) is 0. The predicted octanol–water partition coefficient (Wildman–Crippen LogP) is 2.65. The van der Waals surface area contributed by atoms with Crippen molar-refractivity contribution in [2.75, 3.05) is 19.6 Å². The maximum absolute atomic E-state index is 12.8. The summed E-state index contributed by atoms with van der Waals surface area (Å²) in [6.07, 6.45) is 1.19. The van der Waals surface area contributed by atoms with Gasteiger partial charge in [0, 0.05) is 37.0 Å². The van der Waals surface area contributed by atoms with E-state index in [4.69, 9.17) is 5.26 Å². The molecule has 1 aromatic carbocycles. The van der Waals surface area contributed by atoms with Crippen molar-refractivity contribution in [1.29, 1.82) is 5.26 Å². The number of aromatic nitrogens is 1. The first-order valence-corrected chi connectivity index (χ1v) is 12.2. The van der Waals surface area contributed by atoms with Crippen LogP contribution >= 0.6 is 0 Å². The number of nitriles is 1. The summed E-state index contributed by atoms with van der Waals surface area (Å²) < 4.78 is 39.9. The summed E-state index contributed by atoms with van der Waals surface area (Å²) in [6, 6.07) is 9.81. The fraction of sp³-hybridized carbons (Fsp3) is 0.462. The molecule has 8 nitrogen and oxygen atoms in total. The molecule has 2 amide bonds. The zero-order valence-corrected chi connectivity index (χ0v) is 20.1. The quantitative estimate of drug-likeness (QED) is 0.590. The molecular weight excluding hydrogens is 487 g/mol. The maximum atomic E-state index is 12.8. The molecule has 0 spiro atoms. The molecule has 2 fully saturated rings. The van der Waals surface area contributed by atoms with Gasteiger partial charge in [-0.1, -0.05) is 12.1 Å². The molecule has 2 N–H and O–H groups in total. The average Bonchev–Trinajstić information content (AvgIpc) is 2.86. The zero-order valence-electron chi connectivity index (χ0n) is 20.1. The lowest BCUT2D eigenvalue weighted by molar-refractivity contribution is -0.137. The third kappa shape index (κ3) is 6.57. The lowest BCUT2D eigenvalue weighted by Gasteiger charge is -2.46. The molecule has 0 unspecified atom stereocenters. The molecule has 4 rings (SSSR count). The number of amides is 2. The number of carbonyl (C=O) groups excluding carboxylic acids is 2. The third-order valence-electron chi connectivity index (χ3n) is 7.07. The first kappa shape index (κ1) is 26.4. The van der Waals surface area contributed by atoms with Gasteiger partial charge in [0.25, 0.3) is 11.5 Å². The van der Waals surface area contributed by atoms with E-state index in [1.54, 1.807) is 6.20 Å². The van der Waals surface area contributed by atoms with Crippen molar-refractivity contribution in [3.05, 3.63) is 69.6 Å². The van der Waals surface area contributed by atoms with Crippen molar-refractivity contribution in [3.63, 3.8) is 0 Å². The van der Waals surface area contributed by atoms with Gasteiger partial charge in [-0.3, -0.25) is 19.3 Å². The van der Waals surface area contributed by atoms with Gasteiger partial charge in [0.15, 0.2) is 0 Å². The number of pyridine rings is 1. The van der Waals surface area contributed by atoms with E-state index in [-0.39, 0.29) is 36.2 Å². The van der Waals surface area contributed by atoms with Crippen LogP contribution in [0.3, 0.4) is 0 Å². The van der Waals surface area contributed by atoms with Crippen LogP contribution in [0.1, 0.15) is 53.1 Å². The molecule has 2 heterocycles. The number of hydrogen-bond donors (Lipinski definition) is 2. The Kier molecular flexibility index (Phi) is 7.97. The Balaban J connectivity index is 1.17. The minimum absolute atomic E-state index is 0.0368. The van der Waals surface area contributed by atoms with Crippen LogP contribution in [0, 0.1) is 11.3 Å². The van der Waals surface area contributed by atoms with Crippen molar-refractivity contribution in [1.82, 2.24) is 20.1 Å². The summed E-state index contributed by atoms with van der Waals surface area (Å²) in [6.45, 7) is 1.13. The Morgan fingerprint density at radius 1 is 1.08 bits per heavy atom. The summed E-state index contributed by atoms with van der Waals surface area (Å²) >= 11 is 0. The highest BCUT2D eigenvalue weighted by molar-refractivity contribution is 5.96. The van der Waals surface area contributed by atoms with Crippen LogP contribution < -0.4 is 16.2 Å². The Hall–Kier alpha value is -3.65. The molecule has 1 aromatic heterocycles. The number of carbonyl (C=O) groups is 2. The largest absolute Gasteiger partial charge is 0.416 e. The van der Waals surface area contributed by atoms with Crippen LogP contribution in [-0.4, -0.2) is 53.0 Å². The van der Waals surface area contributed by atoms with Gasteiger partial charge < -0.3 is 15.2 Å². The van der Waals surface area contributed by atoms with Gasteiger partial charge in [-0.15, -0.1) is 0 Å². The second kappa shape index (κ2) is 11.2. The second-order valence-electron chi connectivity index (χ2n) is 9.57. The van der Waals surface area contributed by atoms with Gasteiger partial charge in [-0.2, -0.15) is 18.4 Å².